The topological polar surface area (TPSA) is 49.8 Å². The third-order valence-electron chi connectivity index (χ3n) is 4.42. The highest BCUT2D eigenvalue weighted by atomic mass is 16.5. The van der Waals surface area contributed by atoms with E-state index in [1.807, 2.05) is 0 Å². The zero-order valence-electron chi connectivity index (χ0n) is 11.5. The summed E-state index contributed by atoms with van der Waals surface area (Å²) >= 11 is 0. The molecule has 2 rings (SSSR count). The van der Waals surface area contributed by atoms with Crippen LogP contribution >= 0.6 is 0 Å². The molecule has 4 unspecified atom stereocenters. The highest BCUT2D eigenvalue weighted by Crippen LogP contribution is 2.32. The van der Waals surface area contributed by atoms with Crippen LogP contribution in [0.5, 0.6) is 0 Å². The van der Waals surface area contributed by atoms with Crippen molar-refractivity contribution >= 4 is 5.78 Å². The minimum Gasteiger partial charge on any atom is -0.395 e. The predicted octanol–water partition coefficient (Wildman–Crippen LogP) is 0.931. The van der Waals surface area contributed by atoms with Gasteiger partial charge in [0, 0.05) is 25.4 Å². The van der Waals surface area contributed by atoms with E-state index in [1.165, 1.54) is 0 Å². The fourth-order valence-corrected chi connectivity index (χ4v) is 3.33. The number of aliphatic hydroxyl groups is 1. The molecule has 0 aromatic heterocycles. The molecular formula is C14H25NO3. The van der Waals surface area contributed by atoms with Gasteiger partial charge in [0.1, 0.15) is 5.78 Å². The maximum absolute atomic E-state index is 12.2. The van der Waals surface area contributed by atoms with E-state index in [0.29, 0.717) is 30.8 Å². The molecule has 2 fully saturated rings. The second kappa shape index (κ2) is 6.13. The van der Waals surface area contributed by atoms with Crippen molar-refractivity contribution in [1.29, 1.82) is 0 Å². The molecule has 18 heavy (non-hydrogen) atoms. The second-order valence-electron chi connectivity index (χ2n) is 6.00. The monoisotopic (exact) mass is 255 g/mol. The molecule has 1 aliphatic carbocycles. The number of Topliss-reactive ketones (excluding diaryl/α,β-unsaturated/α-hetero) is 1. The third kappa shape index (κ3) is 3.11. The number of aliphatic hydroxyl groups excluding tert-OH is 1. The average molecular weight is 255 g/mol. The molecule has 2 aliphatic rings. The van der Waals surface area contributed by atoms with Gasteiger partial charge in [-0.3, -0.25) is 9.69 Å². The van der Waals surface area contributed by atoms with E-state index in [-0.39, 0.29) is 18.6 Å². The first-order valence-electron chi connectivity index (χ1n) is 7.07. The Kier molecular flexibility index (Phi) is 4.76. The lowest BCUT2D eigenvalue weighted by Crippen LogP contribution is -2.51. The smallest absolute Gasteiger partial charge is 0.137 e. The van der Waals surface area contributed by atoms with E-state index < -0.39 is 0 Å². The Morgan fingerprint density at radius 2 is 2.22 bits per heavy atom. The molecule has 1 heterocycles. The van der Waals surface area contributed by atoms with Gasteiger partial charge in [0.15, 0.2) is 0 Å². The summed E-state index contributed by atoms with van der Waals surface area (Å²) in [7, 11) is 0. The lowest BCUT2D eigenvalue weighted by atomic mass is 9.74. The van der Waals surface area contributed by atoms with Gasteiger partial charge in [-0.25, -0.2) is 0 Å². The molecule has 1 N–H and O–H groups in total. The van der Waals surface area contributed by atoms with Crippen LogP contribution in [-0.4, -0.2) is 54.7 Å². The lowest BCUT2D eigenvalue weighted by molar-refractivity contribution is -0.130. The fourth-order valence-electron chi connectivity index (χ4n) is 3.33. The zero-order chi connectivity index (χ0) is 13.1. The standard InChI is InChI=1S/C14H25NO3/c1-10-5-11(2)13(14(17)6-10)7-15-3-4-18-9-12(15)8-16/h10-13,16H,3-9H2,1-2H3. The quantitative estimate of drug-likeness (QED) is 0.815. The number of rotatable bonds is 3. The summed E-state index contributed by atoms with van der Waals surface area (Å²) in [6.45, 7) is 7.39. The summed E-state index contributed by atoms with van der Waals surface area (Å²) in [5.74, 6) is 1.54. The van der Waals surface area contributed by atoms with Crippen LogP contribution < -0.4 is 0 Å². The van der Waals surface area contributed by atoms with Gasteiger partial charge in [-0.1, -0.05) is 13.8 Å². The predicted molar refractivity (Wildman–Crippen MR) is 69.3 cm³/mol. The molecule has 1 saturated heterocycles. The number of morpholine rings is 1. The highest BCUT2D eigenvalue weighted by Gasteiger charge is 2.35. The average Bonchev–Trinajstić information content (AvgIpc) is 2.34. The minimum absolute atomic E-state index is 0.0677. The van der Waals surface area contributed by atoms with Crippen molar-refractivity contribution in [2.24, 2.45) is 17.8 Å². The molecule has 0 bridgehead atoms. The summed E-state index contributed by atoms with van der Waals surface area (Å²) in [5, 5.41) is 9.36. The van der Waals surface area contributed by atoms with Crippen molar-refractivity contribution < 1.29 is 14.6 Å². The van der Waals surface area contributed by atoms with Crippen LogP contribution in [0.15, 0.2) is 0 Å². The number of carbonyl (C=O) groups excluding carboxylic acids is 1. The van der Waals surface area contributed by atoms with Crippen molar-refractivity contribution in [3.05, 3.63) is 0 Å². The van der Waals surface area contributed by atoms with Crippen molar-refractivity contribution in [2.75, 3.05) is 32.9 Å². The molecule has 1 aliphatic heterocycles. The first-order valence-corrected chi connectivity index (χ1v) is 7.07. The van der Waals surface area contributed by atoms with E-state index in [1.54, 1.807) is 0 Å². The van der Waals surface area contributed by atoms with Crippen LogP contribution in [-0.2, 0) is 9.53 Å². The number of hydrogen-bond donors (Lipinski definition) is 1. The summed E-state index contributed by atoms with van der Waals surface area (Å²) in [6, 6.07) is 0.0677. The molecule has 4 heteroatoms. The first kappa shape index (κ1) is 14.0. The van der Waals surface area contributed by atoms with Gasteiger partial charge in [-0.05, 0) is 18.3 Å². The minimum atomic E-state index is 0.0677. The Balaban J connectivity index is 1.96. The van der Waals surface area contributed by atoms with E-state index in [0.717, 1.165) is 25.9 Å². The van der Waals surface area contributed by atoms with Crippen LogP contribution in [0.25, 0.3) is 0 Å². The van der Waals surface area contributed by atoms with Crippen molar-refractivity contribution in [3.63, 3.8) is 0 Å². The van der Waals surface area contributed by atoms with E-state index in [9.17, 15) is 9.90 Å². The number of ketones is 1. The van der Waals surface area contributed by atoms with Crippen LogP contribution in [0.4, 0.5) is 0 Å². The molecule has 4 nitrogen and oxygen atoms in total. The Labute approximate surface area is 109 Å². The molecule has 0 amide bonds. The van der Waals surface area contributed by atoms with Gasteiger partial charge >= 0.3 is 0 Å². The van der Waals surface area contributed by atoms with E-state index >= 15 is 0 Å². The number of ether oxygens (including phenoxy) is 1. The molecular weight excluding hydrogens is 230 g/mol. The number of hydrogen-bond acceptors (Lipinski definition) is 4. The summed E-state index contributed by atoms with van der Waals surface area (Å²) < 4.78 is 5.38. The number of nitrogens with zero attached hydrogens (tertiary/aromatic N) is 1. The Morgan fingerprint density at radius 3 is 2.89 bits per heavy atom. The molecule has 0 aromatic carbocycles. The van der Waals surface area contributed by atoms with Gasteiger partial charge < -0.3 is 9.84 Å². The summed E-state index contributed by atoms with van der Waals surface area (Å²) in [6.07, 6.45) is 1.87. The maximum Gasteiger partial charge on any atom is 0.137 e. The fraction of sp³-hybridized carbons (Fsp3) is 0.929. The van der Waals surface area contributed by atoms with Gasteiger partial charge in [0.25, 0.3) is 0 Å². The van der Waals surface area contributed by atoms with Crippen LogP contribution in [0.2, 0.25) is 0 Å². The highest BCUT2D eigenvalue weighted by molar-refractivity contribution is 5.82. The maximum atomic E-state index is 12.2. The Hall–Kier alpha value is -0.450. The van der Waals surface area contributed by atoms with E-state index in [2.05, 4.69) is 18.7 Å². The van der Waals surface area contributed by atoms with E-state index in [4.69, 9.17) is 4.74 Å². The largest absolute Gasteiger partial charge is 0.395 e. The summed E-state index contributed by atoms with van der Waals surface area (Å²) in [5.41, 5.74) is 0. The molecule has 0 radical (unpaired) electrons. The molecule has 4 atom stereocenters. The Morgan fingerprint density at radius 1 is 1.44 bits per heavy atom. The molecule has 0 spiro atoms. The van der Waals surface area contributed by atoms with Gasteiger partial charge in [-0.2, -0.15) is 0 Å². The third-order valence-corrected chi connectivity index (χ3v) is 4.42. The SMILES string of the molecule is CC1CC(=O)C(CN2CCOCC2CO)C(C)C1. The Bertz CT molecular complexity index is 295. The normalized spacial score (nSPS) is 38.9. The zero-order valence-corrected chi connectivity index (χ0v) is 11.5. The summed E-state index contributed by atoms with van der Waals surface area (Å²) in [4.78, 5) is 14.4. The van der Waals surface area contributed by atoms with Crippen LogP contribution in [0, 0.1) is 17.8 Å². The molecule has 0 aromatic rings. The lowest BCUT2D eigenvalue weighted by Gasteiger charge is -2.40. The van der Waals surface area contributed by atoms with Crippen molar-refractivity contribution in [3.8, 4) is 0 Å². The van der Waals surface area contributed by atoms with Crippen LogP contribution in [0.1, 0.15) is 26.7 Å². The molecule has 104 valence electrons. The molecule has 1 saturated carbocycles. The van der Waals surface area contributed by atoms with Crippen LogP contribution in [0.3, 0.4) is 0 Å². The van der Waals surface area contributed by atoms with Gasteiger partial charge in [0.2, 0.25) is 0 Å². The van der Waals surface area contributed by atoms with Crippen molar-refractivity contribution in [1.82, 2.24) is 4.90 Å². The number of carbonyl (C=O) groups is 1. The first-order chi connectivity index (χ1) is 8.61. The van der Waals surface area contributed by atoms with Gasteiger partial charge in [0.05, 0.1) is 25.9 Å². The second-order valence-corrected chi connectivity index (χ2v) is 6.00. The van der Waals surface area contributed by atoms with Gasteiger partial charge in [-0.15, -0.1) is 0 Å². The van der Waals surface area contributed by atoms with Crippen molar-refractivity contribution in [2.45, 2.75) is 32.7 Å².